The van der Waals surface area contributed by atoms with Crippen molar-refractivity contribution in [1.82, 2.24) is 9.58 Å². The van der Waals surface area contributed by atoms with Crippen LogP contribution < -0.4 is 10.4 Å². The average molecular weight is 596 g/mol. The molecule has 214 valence electrons. The van der Waals surface area contributed by atoms with Crippen LogP contribution in [0.2, 0.25) is 0 Å². The molecule has 10 heteroatoms. The van der Waals surface area contributed by atoms with Gasteiger partial charge >= 0.3 is 0 Å². The fraction of sp³-hybridized carbons (Fsp3) is 0.152. The molecule has 5 aromatic rings. The number of hydrogen-bond acceptors (Lipinski definition) is 6. The number of nitrogens with zero attached hydrogens (tertiary/aromatic N) is 3. The van der Waals surface area contributed by atoms with Crippen LogP contribution in [0.4, 0.5) is 8.78 Å². The lowest BCUT2D eigenvalue weighted by molar-refractivity contribution is -0.0196. The Morgan fingerprint density at radius 1 is 0.907 bits per heavy atom. The maximum Gasteiger partial charge on any atom is 0.278 e. The Labute approximate surface area is 248 Å². The van der Waals surface area contributed by atoms with Gasteiger partial charge in [0.2, 0.25) is 5.43 Å². The number of fused-ring (bicyclic) bond motifs is 7. The number of pyridine rings is 1. The molecule has 1 amide bonds. The van der Waals surface area contributed by atoms with Crippen molar-refractivity contribution in [3.63, 3.8) is 0 Å². The molecular weight excluding hydrogens is 572 g/mol. The van der Waals surface area contributed by atoms with Crippen molar-refractivity contribution < 1.29 is 23.4 Å². The van der Waals surface area contributed by atoms with Gasteiger partial charge < -0.3 is 14.7 Å². The van der Waals surface area contributed by atoms with E-state index in [1.807, 2.05) is 65.7 Å². The summed E-state index contributed by atoms with van der Waals surface area (Å²) in [5, 5.41) is 12.7. The van der Waals surface area contributed by atoms with Crippen LogP contribution in [0.3, 0.4) is 0 Å². The molecule has 0 bridgehead atoms. The standard InChI is InChI=1S/C33H23F2N3O4S/c34-23-11-10-21-27(28(23)35)22-16-25(18-6-2-1-3-7-18)43-32(22)20-9-5-4-8-19(20)29(21)38-26-17-42-15-14-36(26)33(41)30-31(40)24(39)12-13-37(30)38/h1-13,16,26,29,40H,14-15,17H2/t26-,29-/m0/s1. The van der Waals surface area contributed by atoms with Gasteiger partial charge in [-0.05, 0) is 34.4 Å². The molecule has 2 atom stereocenters. The van der Waals surface area contributed by atoms with E-state index in [0.717, 1.165) is 32.5 Å². The molecule has 3 aromatic carbocycles. The Morgan fingerprint density at radius 3 is 2.53 bits per heavy atom. The number of halogens is 2. The molecule has 7 nitrogen and oxygen atoms in total. The Kier molecular flexibility index (Phi) is 5.79. The first-order valence-corrected chi connectivity index (χ1v) is 14.6. The zero-order valence-corrected chi connectivity index (χ0v) is 23.4. The molecule has 4 heterocycles. The normalized spacial score (nSPS) is 18.7. The van der Waals surface area contributed by atoms with Crippen LogP contribution in [0.15, 0.2) is 89.9 Å². The van der Waals surface area contributed by atoms with Crippen LogP contribution in [0.1, 0.15) is 27.7 Å². The largest absolute Gasteiger partial charge is 0.502 e. The third-order valence-electron chi connectivity index (χ3n) is 8.42. The monoisotopic (exact) mass is 595 g/mol. The van der Waals surface area contributed by atoms with Gasteiger partial charge in [0, 0.05) is 39.7 Å². The molecule has 3 aliphatic rings. The molecule has 8 rings (SSSR count). The minimum absolute atomic E-state index is 0.127. The summed E-state index contributed by atoms with van der Waals surface area (Å²) in [6.07, 6.45) is 0.781. The molecule has 0 saturated carbocycles. The molecule has 1 fully saturated rings. The first kappa shape index (κ1) is 25.9. The second kappa shape index (κ2) is 9.62. The van der Waals surface area contributed by atoms with Gasteiger partial charge in [-0.3, -0.25) is 19.3 Å². The predicted octanol–water partition coefficient (Wildman–Crippen LogP) is 5.75. The molecule has 2 aromatic heterocycles. The average Bonchev–Trinajstić information content (AvgIpc) is 3.43. The SMILES string of the molecule is O=C1c2c(O)c(=O)ccn2N([C@H]2c3ccccc3-c3sc(-c4ccccc4)cc3-c3c2ccc(F)c3F)[C@H]2COCCN12. The molecule has 1 saturated heterocycles. The highest BCUT2D eigenvalue weighted by Gasteiger charge is 2.46. The first-order chi connectivity index (χ1) is 20.9. The van der Waals surface area contributed by atoms with E-state index < -0.39 is 40.9 Å². The van der Waals surface area contributed by atoms with Gasteiger partial charge in [-0.15, -0.1) is 11.3 Å². The van der Waals surface area contributed by atoms with Crippen LogP contribution >= 0.6 is 11.3 Å². The maximum absolute atomic E-state index is 16.2. The predicted molar refractivity (Wildman–Crippen MR) is 159 cm³/mol. The van der Waals surface area contributed by atoms with Gasteiger partial charge in [-0.25, -0.2) is 8.78 Å². The van der Waals surface area contributed by atoms with Crippen molar-refractivity contribution in [3.05, 3.63) is 124 Å². The van der Waals surface area contributed by atoms with Gasteiger partial charge in [-0.2, -0.15) is 0 Å². The number of hydrogen-bond donors (Lipinski definition) is 1. The number of carbonyl (C=O) groups excluding carboxylic acids is 1. The quantitative estimate of drug-likeness (QED) is 0.282. The maximum atomic E-state index is 16.2. The first-order valence-electron chi connectivity index (χ1n) is 13.8. The smallest absolute Gasteiger partial charge is 0.278 e. The number of aromatic nitrogens is 1. The van der Waals surface area contributed by atoms with Crippen LogP contribution in [0.25, 0.3) is 32.0 Å². The fourth-order valence-electron chi connectivity index (χ4n) is 6.51. The summed E-state index contributed by atoms with van der Waals surface area (Å²) in [5.74, 6) is -3.11. The van der Waals surface area contributed by atoms with Crippen LogP contribution in [-0.4, -0.2) is 46.5 Å². The Morgan fingerprint density at radius 2 is 1.70 bits per heavy atom. The van der Waals surface area contributed by atoms with E-state index in [0.29, 0.717) is 11.1 Å². The number of carbonyl (C=O) groups is 1. The lowest BCUT2D eigenvalue weighted by atomic mass is 9.91. The van der Waals surface area contributed by atoms with Crippen molar-refractivity contribution in [1.29, 1.82) is 0 Å². The van der Waals surface area contributed by atoms with E-state index in [9.17, 15) is 14.7 Å². The Bertz CT molecular complexity index is 2010. The molecule has 1 N–H and O–H groups in total. The van der Waals surface area contributed by atoms with Gasteiger partial charge in [0.05, 0.1) is 19.3 Å². The van der Waals surface area contributed by atoms with Gasteiger partial charge in [0.25, 0.3) is 5.91 Å². The third-order valence-corrected chi connectivity index (χ3v) is 9.64. The van der Waals surface area contributed by atoms with Crippen LogP contribution in [0, 0.1) is 11.6 Å². The molecule has 43 heavy (non-hydrogen) atoms. The number of aromatic hydroxyl groups is 1. The third kappa shape index (κ3) is 3.73. The summed E-state index contributed by atoms with van der Waals surface area (Å²) in [4.78, 5) is 29.4. The lowest BCUT2D eigenvalue weighted by Crippen LogP contribution is -2.66. The molecule has 0 spiro atoms. The van der Waals surface area contributed by atoms with Crippen molar-refractivity contribution in [3.8, 4) is 37.8 Å². The summed E-state index contributed by atoms with van der Waals surface area (Å²) < 4.78 is 38.5. The second-order valence-electron chi connectivity index (χ2n) is 10.7. The Hall–Kier alpha value is -4.80. The molecule has 1 aliphatic carbocycles. The van der Waals surface area contributed by atoms with Gasteiger partial charge in [0.1, 0.15) is 6.17 Å². The van der Waals surface area contributed by atoms with E-state index in [-0.39, 0.29) is 31.0 Å². The number of amides is 1. The van der Waals surface area contributed by atoms with Crippen molar-refractivity contribution >= 4 is 17.2 Å². The zero-order valence-electron chi connectivity index (χ0n) is 22.5. The number of benzene rings is 3. The second-order valence-corrected chi connectivity index (χ2v) is 11.7. The highest BCUT2D eigenvalue weighted by atomic mass is 32.1. The summed E-state index contributed by atoms with van der Waals surface area (Å²) in [6, 6.07) is 22.5. The van der Waals surface area contributed by atoms with Gasteiger partial charge in [-0.1, -0.05) is 60.7 Å². The van der Waals surface area contributed by atoms with E-state index >= 15 is 8.78 Å². The number of rotatable bonds is 2. The molecule has 0 unspecified atom stereocenters. The van der Waals surface area contributed by atoms with Crippen molar-refractivity contribution in [2.45, 2.75) is 12.2 Å². The van der Waals surface area contributed by atoms with E-state index in [4.69, 9.17) is 4.74 Å². The number of morpholine rings is 1. The molecular formula is C33H23F2N3O4S. The fourth-order valence-corrected chi connectivity index (χ4v) is 7.73. The lowest BCUT2D eigenvalue weighted by Gasteiger charge is -2.51. The van der Waals surface area contributed by atoms with Crippen molar-refractivity contribution in [2.24, 2.45) is 0 Å². The highest BCUT2D eigenvalue weighted by Crippen LogP contribution is 2.53. The molecule has 2 aliphatic heterocycles. The Balaban J connectivity index is 1.45. The van der Waals surface area contributed by atoms with E-state index in [2.05, 4.69) is 0 Å². The van der Waals surface area contributed by atoms with Crippen LogP contribution in [-0.2, 0) is 4.74 Å². The van der Waals surface area contributed by atoms with Crippen LogP contribution in [0.5, 0.6) is 5.75 Å². The number of ether oxygens (including phenoxy) is 1. The number of thiophene rings is 1. The van der Waals surface area contributed by atoms with Gasteiger partial charge in [0.15, 0.2) is 23.1 Å². The summed E-state index contributed by atoms with van der Waals surface area (Å²) in [5.41, 5.74) is 2.89. The van der Waals surface area contributed by atoms with E-state index in [1.165, 1.54) is 28.3 Å². The minimum Gasteiger partial charge on any atom is -0.502 e. The van der Waals surface area contributed by atoms with E-state index in [1.54, 1.807) is 11.0 Å². The minimum atomic E-state index is -0.972. The summed E-state index contributed by atoms with van der Waals surface area (Å²) in [7, 11) is 0. The zero-order chi connectivity index (χ0) is 29.4. The molecule has 0 radical (unpaired) electrons. The topological polar surface area (TPSA) is 75.0 Å². The summed E-state index contributed by atoms with van der Waals surface area (Å²) >= 11 is 1.50. The highest BCUT2D eigenvalue weighted by molar-refractivity contribution is 7.19. The summed E-state index contributed by atoms with van der Waals surface area (Å²) in [6.45, 7) is 0.649. The van der Waals surface area contributed by atoms with Crippen molar-refractivity contribution in [2.75, 3.05) is 24.8 Å².